The summed E-state index contributed by atoms with van der Waals surface area (Å²) in [5.41, 5.74) is 3.99. The van der Waals surface area contributed by atoms with Crippen LogP contribution < -0.4 is 10.1 Å². The van der Waals surface area contributed by atoms with Crippen LogP contribution in [0.4, 0.5) is 0 Å². The van der Waals surface area contributed by atoms with Gasteiger partial charge in [0.05, 0.1) is 6.61 Å². The number of piperazine rings is 1. The van der Waals surface area contributed by atoms with Gasteiger partial charge in [-0.15, -0.1) is 0 Å². The highest BCUT2D eigenvalue weighted by Crippen LogP contribution is 2.13. The predicted molar refractivity (Wildman–Crippen MR) is 99.6 cm³/mol. The zero-order valence-corrected chi connectivity index (χ0v) is 14.8. The summed E-state index contributed by atoms with van der Waals surface area (Å²) in [6, 6.07) is 17.8. The lowest BCUT2D eigenvalue weighted by Gasteiger charge is -2.31. The van der Waals surface area contributed by atoms with E-state index in [0.29, 0.717) is 6.04 Å². The minimum atomic E-state index is 0.594. The van der Waals surface area contributed by atoms with Gasteiger partial charge in [-0.25, -0.2) is 0 Å². The minimum Gasteiger partial charge on any atom is -0.493 e. The molecule has 1 aliphatic heterocycles. The van der Waals surface area contributed by atoms with Gasteiger partial charge in [-0.2, -0.15) is 0 Å². The third kappa shape index (κ3) is 5.08. The number of rotatable bonds is 6. The van der Waals surface area contributed by atoms with Crippen LogP contribution in [-0.2, 0) is 13.0 Å². The van der Waals surface area contributed by atoms with E-state index in [1.807, 2.05) is 12.1 Å². The third-order valence-electron chi connectivity index (χ3n) is 4.56. The molecule has 1 heterocycles. The van der Waals surface area contributed by atoms with Crippen molar-refractivity contribution in [1.29, 1.82) is 0 Å². The van der Waals surface area contributed by atoms with Crippen LogP contribution in [0.3, 0.4) is 0 Å². The molecule has 0 bridgehead atoms. The molecule has 1 atom stereocenters. The number of ether oxygens (including phenoxy) is 1. The minimum absolute atomic E-state index is 0.594. The number of hydrogen-bond acceptors (Lipinski definition) is 3. The fourth-order valence-corrected chi connectivity index (χ4v) is 3.15. The maximum atomic E-state index is 5.81. The molecule has 1 aliphatic rings. The summed E-state index contributed by atoms with van der Waals surface area (Å²) in [7, 11) is 0. The van der Waals surface area contributed by atoms with Crippen LogP contribution in [0.25, 0.3) is 0 Å². The van der Waals surface area contributed by atoms with E-state index >= 15 is 0 Å². The molecule has 0 aliphatic carbocycles. The number of nitrogens with zero attached hydrogens (tertiary/aromatic N) is 1. The molecule has 1 fully saturated rings. The molecule has 3 nitrogen and oxygen atoms in total. The van der Waals surface area contributed by atoms with Crippen LogP contribution in [0.15, 0.2) is 48.5 Å². The second kappa shape index (κ2) is 8.32. The molecule has 2 aromatic carbocycles. The van der Waals surface area contributed by atoms with Crippen LogP contribution >= 0.6 is 0 Å². The Morgan fingerprint density at radius 3 is 2.46 bits per heavy atom. The van der Waals surface area contributed by atoms with Crippen molar-refractivity contribution in [3.8, 4) is 5.75 Å². The molecule has 2 aromatic rings. The Morgan fingerprint density at radius 1 is 1.04 bits per heavy atom. The first-order valence-corrected chi connectivity index (χ1v) is 8.92. The van der Waals surface area contributed by atoms with E-state index < -0.39 is 0 Å². The Morgan fingerprint density at radius 2 is 1.75 bits per heavy atom. The Hall–Kier alpha value is -1.84. The molecule has 0 spiro atoms. The maximum Gasteiger partial charge on any atom is 0.119 e. The van der Waals surface area contributed by atoms with E-state index in [1.165, 1.54) is 16.7 Å². The number of benzene rings is 2. The van der Waals surface area contributed by atoms with Crippen molar-refractivity contribution in [3.05, 3.63) is 65.2 Å². The molecule has 0 amide bonds. The lowest BCUT2D eigenvalue weighted by Crippen LogP contribution is -2.48. The van der Waals surface area contributed by atoms with E-state index in [-0.39, 0.29) is 0 Å². The zero-order chi connectivity index (χ0) is 16.8. The molecule has 1 N–H and O–H groups in total. The van der Waals surface area contributed by atoms with Crippen LogP contribution in [0.2, 0.25) is 0 Å². The van der Waals surface area contributed by atoms with Gasteiger partial charge in [-0.1, -0.05) is 42.0 Å². The molecular weight excluding hydrogens is 296 g/mol. The molecule has 3 rings (SSSR count). The van der Waals surface area contributed by atoms with E-state index in [1.54, 1.807) is 0 Å². The van der Waals surface area contributed by atoms with Crippen LogP contribution in [0, 0.1) is 6.92 Å². The smallest absolute Gasteiger partial charge is 0.119 e. The molecular formula is C21H28N2O. The average Bonchev–Trinajstić information content (AvgIpc) is 2.58. The number of hydrogen-bond donors (Lipinski definition) is 1. The SMILES string of the molecule is Cc1ccc(OCCc2ccc(CN3CCN[C@H](C)C3)cc2)cc1. The monoisotopic (exact) mass is 324 g/mol. The van der Waals surface area contributed by atoms with Gasteiger partial charge in [-0.05, 0) is 37.1 Å². The maximum absolute atomic E-state index is 5.81. The fourth-order valence-electron chi connectivity index (χ4n) is 3.15. The van der Waals surface area contributed by atoms with Crippen molar-refractivity contribution in [1.82, 2.24) is 10.2 Å². The van der Waals surface area contributed by atoms with Crippen LogP contribution in [-0.4, -0.2) is 37.2 Å². The summed E-state index contributed by atoms with van der Waals surface area (Å²) < 4.78 is 5.81. The fraction of sp³-hybridized carbons (Fsp3) is 0.429. The van der Waals surface area contributed by atoms with Gasteiger partial charge in [0, 0.05) is 38.6 Å². The largest absolute Gasteiger partial charge is 0.493 e. The molecule has 0 unspecified atom stereocenters. The third-order valence-corrected chi connectivity index (χ3v) is 4.56. The van der Waals surface area contributed by atoms with Crippen molar-refractivity contribution in [2.45, 2.75) is 32.9 Å². The summed E-state index contributed by atoms with van der Waals surface area (Å²) in [4.78, 5) is 2.52. The average molecular weight is 324 g/mol. The lowest BCUT2D eigenvalue weighted by molar-refractivity contribution is 0.199. The topological polar surface area (TPSA) is 24.5 Å². The molecule has 3 heteroatoms. The second-order valence-corrected chi connectivity index (χ2v) is 6.82. The van der Waals surface area contributed by atoms with Gasteiger partial charge in [0.15, 0.2) is 0 Å². The van der Waals surface area contributed by atoms with Gasteiger partial charge in [0.1, 0.15) is 5.75 Å². The second-order valence-electron chi connectivity index (χ2n) is 6.82. The predicted octanol–water partition coefficient (Wildman–Crippen LogP) is 3.41. The molecule has 0 saturated carbocycles. The summed E-state index contributed by atoms with van der Waals surface area (Å²) >= 11 is 0. The van der Waals surface area contributed by atoms with E-state index in [4.69, 9.17) is 4.74 Å². The van der Waals surface area contributed by atoms with Gasteiger partial charge in [0.2, 0.25) is 0 Å². The first-order chi connectivity index (χ1) is 11.7. The van der Waals surface area contributed by atoms with E-state index in [9.17, 15) is 0 Å². The van der Waals surface area contributed by atoms with Crippen molar-refractivity contribution < 1.29 is 4.74 Å². The zero-order valence-electron chi connectivity index (χ0n) is 14.8. The van der Waals surface area contributed by atoms with Gasteiger partial charge >= 0.3 is 0 Å². The van der Waals surface area contributed by atoms with Crippen molar-refractivity contribution in [2.75, 3.05) is 26.2 Å². The highest BCUT2D eigenvalue weighted by Gasteiger charge is 2.15. The summed E-state index contributed by atoms with van der Waals surface area (Å²) in [6.45, 7) is 9.47. The molecule has 128 valence electrons. The van der Waals surface area contributed by atoms with E-state index in [2.05, 4.69) is 60.5 Å². The lowest BCUT2D eigenvalue weighted by atomic mass is 10.1. The van der Waals surface area contributed by atoms with Gasteiger partial charge in [0.25, 0.3) is 0 Å². The summed E-state index contributed by atoms with van der Waals surface area (Å²) in [6.07, 6.45) is 0.943. The quantitative estimate of drug-likeness (QED) is 0.881. The Balaban J connectivity index is 1.45. The normalized spacial score (nSPS) is 18.5. The Kier molecular flexibility index (Phi) is 5.89. The Bertz CT molecular complexity index is 621. The number of nitrogens with one attached hydrogen (secondary N) is 1. The van der Waals surface area contributed by atoms with Crippen molar-refractivity contribution in [2.24, 2.45) is 0 Å². The molecule has 0 aromatic heterocycles. The number of aryl methyl sites for hydroxylation is 1. The standard InChI is InChI=1S/C21H28N2O/c1-17-3-9-21(10-4-17)24-14-11-19-5-7-20(8-6-19)16-23-13-12-22-18(2)15-23/h3-10,18,22H,11-16H2,1-2H3/t18-/m1/s1. The first-order valence-electron chi connectivity index (χ1n) is 8.92. The van der Waals surface area contributed by atoms with Crippen LogP contribution in [0.1, 0.15) is 23.6 Å². The molecule has 0 radical (unpaired) electrons. The van der Waals surface area contributed by atoms with Crippen LogP contribution in [0.5, 0.6) is 5.75 Å². The van der Waals surface area contributed by atoms with Gasteiger partial charge in [-0.3, -0.25) is 4.90 Å². The Labute approximate surface area is 145 Å². The van der Waals surface area contributed by atoms with Gasteiger partial charge < -0.3 is 10.1 Å². The molecule has 1 saturated heterocycles. The highest BCUT2D eigenvalue weighted by atomic mass is 16.5. The highest BCUT2D eigenvalue weighted by molar-refractivity contribution is 5.27. The van der Waals surface area contributed by atoms with Crippen molar-refractivity contribution >= 4 is 0 Å². The van der Waals surface area contributed by atoms with E-state index in [0.717, 1.165) is 45.0 Å². The van der Waals surface area contributed by atoms with Crippen molar-refractivity contribution in [3.63, 3.8) is 0 Å². The summed E-state index contributed by atoms with van der Waals surface area (Å²) in [5.74, 6) is 0.949. The summed E-state index contributed by atoms with van der Waals surface area (Å²) in [5, 5.41) is 3.49. The molecule has 24 heavy (non-hydrogen) atoms. The first kappa shape index (κ1) is 17.0.